The summed E-state index contributed by atoms with van der Waals surface area (Å²) in [5.74, 6) is -0.182. The zero-order valence-corrected chi connectivity index (χ0v) is 16.3. The van der Waals surface area contributed by atoms with Gasteiger partial charge >= 0.3 is 5.97 Å². The number of ketones is 1. The van der Waals surface area contributed by atoms with E-state index in [2.05, 4.69) is 10.2 Å². The van der Waals surface area contributed by atoms with Crippen molar-refractivity contribution in [1.82, 2.24) is 10.2 Å². The summed E-state index contributed by atoms with van der Waals surface area (Å²) >= 11 is 6.09. The van der Waals surface area contributed by atoms with E-state index in [0.29, 0.717) is 16.1 Å². The highest BCUT2D eigenvalue weighted by Crippen LogP contribution is 2.26. The average Bonchev–Trinajstić information content (AvgIpc) is 3.15. The lowest BCUT2D eigenvalue weighted by Gasteiger charge is -2.06. The highest BCUT2D eigenvalue weighted by Gasteiger charge is 2.15. The maximum absolute atomic E-state index is 12.3. The van der Waals surface area contributed by atoms with E-state index < -0.39 is 5.97 Å². The highest BCUT2D eigenvalue weighted by molar-refractivity contribution is 6.33. The Hall–Kier alpha value is -2.99. The maximum Gasteiger partial charge on any atom is 0.306 e. The number of ether oxygens (including phenoxy) is 1. The van der Waals surface area contributed by atoms with Crippen LogP contribution in [-0.2, 0) is 16.1 Å². The van der Waals surface area contributed by atoms with Gasteiger partial charge in [0.15, 0.2) is 12.4 Å². The smallest absolute Gasteiger partial charge is 0.306 e. The summed E-state index contributed by atoms with van der Waals surface area (Å²) < 4.78 is 10.6. The molecule has 1 aromatic heterocycles. The van der Waals surface area contributed by atoms with Crippen LogP contribution >= 0.6 is 11.6 Å². The number of Topliss-reactive ketones (excluding diaryl/α,β-unsaturated/α-hetero) is 1. The summed E-state index contributed by atoms with van der Waals surface area (Å²) in [6.07, 6.45) is 0.0650. The van der Waals surface area contributed by atoms with Crippen LogP contribution in [-0.4, -0.2) is 21.9 Å². The summed E-state index contributed by atoms with van der Waals surface area (Å²) in [5, 5.41) is 8.25. The summed E-state index contributed by atoms with van der Waals surface area (Å²) in [4.78, 5) is 24.3. The number of hydrogen-bond acceptors (Lipinski definition) is 6. The molecular formula is C21H19ClN2O4. The lowest BCUT2D eigenvalue weighted by molar-refractivity contribution is -0.145. The van der Waals surface area contributed by atoms with Crippen LogP contribution in [0.5, 0.6) is 0 Å². The number of esters is 1. The SMILES string of the molecule is Cc1ccc(C)c(C(=O)CCC(=O)OCc2nnc(-c3ccccc3Cl)o2)c1. The Labute approximate surface area is 167 Å². The van der Waals surface area contributed by atoms with Crippen molar-refractivity contribution in [3.8, 4) is 11.5 Å². The van der Waals surface area contributed by atoms with Crippen LogP contribution in [0.4, 0.5) is 0 Å². The van der Waals surface area contributed by atoms with Crippen LogP contribution < -0.4 is 0 Å². The Morgan fingerprint density at radius 1 is 1.07 bits per heavy atom. The Morgan fingerprint density at radius 2 is 1.86 bits per heavy atom. The molecular weight excluding hydrogens is 380 g/mol. The van der Waals surface area contributed by atoms with Gasteiger partial charge in [0.05, 0.1) is 17.0 Å². The topological polar surface area (TPSA) is 82.3 Å². The number of halogens is 1. The van der Waals surface area contributed by atoms with Crippen LogP contribution in [0, 0.1) is 13.8 Å². The zero-order chi connectivity index (χ0) is 20.1. The minimum absolute atomic E-state index is 0.0161. The second-order valence-corrected chi connectivity index (χ2v) is 6.79. The predicted octanol–water partition coefficient (Wildman–Crippen LogP) is 4.71. The van der Waals surface area contributed by atoms with E-state index in [1.165, 1.54) is 0 Å². The normalized spacial score (nSPS) is 10.7. The molecule has 7 heteroatoms. The van der Waals surface area contributed by atoms with E-state index >= 15 is 0 Å². The standard InChI is InChI=1S/C21H19ClN2O4/c1-13-7-8-14(2)16(11-13)18(25)9-10-20(26)27-12-19-23-24-21(28-19)15-5-3-4-6-17(15)22/h3-8,11H,9-10,12H2,1-2H3. The Kier molecular flexibility index (Phi) is 6.21. The molecule has 0 fully saturated rings. The fourth-order valence-corrected chi connectivity index (χ4v) is 2.87. The first kappa shape index (κ1) is 19.8. The second-order valence-electron chi connectivity index (χ2n) is 6.38. The van der Waals surface area contributed by atoms with Crippen molar-refractivity contribution < 1.29 is 18.7 Å². The Bertz CT molecular complexity index is 1010. The first-order valence-electron chi connectivity index (χ1n) is 8.77. The van der Waals surface area contributed by atoms with Crippen molar-refractivity contribution in [1.29, 1.82) is 0 Å². The number of hydrogen-bond donors (Lipinski definition) is 0. The first-order chi connectivity index (χ1) is 13.4. The predicted molar refractivity (Wildman–Crippen MR) is 104 cm³/mol. The molecule has 2 aromatic carbocycles. The molecule has 0 amide bonds. The first-order valence-corrected chi connectivity index (χ1v) is 9.15. The van der Waals surface area contributed by atoms with Gasteiger partial charge in [-0.05, 0) is 37.6 Å². The second kappa shape index (κ2) is 8.80. The van der Waals surface area contributed by atoms with Crippen molar-refractivity contribution in [2.75, 3.05) is 0 Å². The number of benzene rings is 2. The van der Waals surface area contributed by atoms with Gasteiger partial charge in [0.1, 0.15) is 0 Å². The summed E-state index contributed by atoms with van der Waals surface area (Å²) in [7, 11) is 0. The molecule has 144 valence electrons. The molecule has 0 saturated carbocycles. The quantitative estimate of drug-likeness (QED) is 0.423. The van der Waals surface area contributed by atoms with Crippen molar-refractivity contribution in [2.45, 2.75) is 33.3 Å². The molecule has 0 aliphatic rings. The Morgan fingerprint density at radius 3 is 2.64 bits per heavy atom. The van der Waals surface area contributed by atoms with Crippen molar-refractivity contribution in [3.05, 3.63) is 70.1 Å². The van der Waals surface area contributed by atoms with Crippen LogP contribution in [0.15, 0.2) is 46.9 Å². The van der Waals surface area contributed by atoms with Crippen LogP contribution in [0.25, 0.3) is 11.5 Å². The fourth-order valence-electron chi connectivity index (χ4n) is 2.66. The number of rotatable bonds is 7. The van der Waals surface area contributed by atoms with Crippen LogP contribution in [0.3, 0.4) is 0 Å². The molecule has 3 aromatic rings. The van der Waals surface area contributed by atoms with Crippen molar-refractivity contribution in [2.24, 2.45) is 0 Å². The fraction of sp³-hybridized carbons (Fsp3) is 0.238. The lowest BCUT2D eigenvalue weighted by Crippen LogP contribution is -2.09. The van der Waals surface area contributed by atoms with E-state index in [1.54, 1.807) is 24.3 Å². The number of nitrogens with zero attached hydrogens (tertiary/aromatic N) is 2. The van der Waals surface area contributed by atoms with Crippen LogP contribution in [0.1, 0.15) is 40.2 Å². The third-order valence-corrected chi connectivity index (χ3v) is 4.51. The molecule has 0 aliphatic heterocycles. The average molecular weight is 399 g/mol. The molecule has 0 saturated heterocycles. The third-order valence-electron chi connectivity index (χ3n) is 4.18. The minimum Gasteiger partial charge on any atom is -0.456 e. The Balaban J connectivity index is 1.52. The molecule has 0 bridgehead atoms. The van der Waals surface area contributed by atoms with Gasteiger partial charge in [-0.1, -0.05) is 41.4 Å². The van der Waals surface area contributed by atoms with E-state index in [1.807, 2.05) is 32.0 Å². The van der Waals surface area contributed by atoms with Crippen molar-refractivity contribution in [3.63, 3.8) is 0 Å². The molecule has 0 N–H and O–H groups in total. The molecule has 0 radical (unpaired) electrons. The van der Waals surface area contributed by atoms with Gasteiger partial charge in [0.25, 0.3) is 5.89 Å². The molecule has 0 atom stereocenters. The molecule has 3 rings (SSSR count). The summed E-state index contributed by atoms with van der Waals surface area (Å²) in [5.41, 5.74) is 3.13. The summed E-state index contributed by atoms with van der Waals surface area (Å²) in [6.45, 7) is 3.64. The van der Waals surface area contributed by atoms with Gasteiger partial charge in [-0.2, -0.15) is 0 Å². The molecule has 0 unspecified atom stereocenters. The number of aromatic nitrogens is 2. The highest BCUT2D eigenvalue weighted by atomic mass is 35.5. The van der Waals surface area contributed by atoms with Gasteiger partial charge in [-0.25, -0.2) is 0 Å². The monoisotopic (exact) mass is 398 g/mol. The van der Waals surface area contributed by atoms with E-state index in [0.717, 1.165) is 11.1 Å². The molecule has 28 heavy (non-hydrogen) atoms. The zero-order valence-electron chi connectivity index (χ0n) is 15.6. The molecule has 0 spiro atoms. The number of carbonyl (C=O) groups is 2. The van der Waals surface area contributed by atoms with Gasteiger partial charge in [-0.15, -0.1) is 10.2 Å². The maximum atomic E-state index is 12.3. The van der Waals surface area contributed by atoms with Gasteiger partial charge in [0, 0.05) is 12.0 Å². The van der Waals surface area contributed by atoms with E-state index in [9.17, 15) is 9.59 Å². The van der Waals surface area contributed by atoms with Crippen LogP contribution in [0.2, 0.25) is 5.02 Å². The molecule has 0 aliphatic carbocycles. The number of carbonyl (C=O) groups excluding carboxylic acids is 2. The summed E-state index contributed by atoms with van der Waals surface area (Å²) in [6, 6.07) is 12.7. The van der Waals surface area contributed by atoms with E-state index in [4.69, 9.17) is 20.8 Å². The largest absolute Gasteiger partial charge is 0.456 e. The van der Waals surface area contributed by atoms with Crippen molar-refractivity contribution >= 4 is 23.4 Å². The van der Waals surface area contributed by atoms with Gasteiger partial charge < -0.3 is 9.15 Å². The lowest BCUT2D eigenvalue weighted by atomic mass is 9.99. The molecule has 6 nitrogen and oxygen atoms in total. The third kappa shape index (κ3) is 4.84. The molecule has 1 heterocycles. The minimum atomic E-state index is -0.504. The number of aryl methyl sites for hydroxylation is 2. The van der Waals surface area contributed by atoms with E-state index in [-0.39, 0.29) is 37.0 Å². The van der Waals surface area contributed by atoms with Gasteiger partial charge in [0.2, 0.25) is 5.89 Å². The van der Waals surface area contributed by atoms with Gasteiger partial charge in [-0.3, -0.25) is 9.59 Å².